The summed E-state index contributed by atoms with van der Waals surface area (Å²) in [5, 5.41) is 11.6. The standard InChI is InChI=1S/C7H14N2O2.C2H6/c1-2-7(6(10)9-11)3-4-8-5-7;1-2/h8,11H,2-5H2,1H3,(H,9,10);1-2H3. The third-order valence-corrected chi connectivity index (χ3v) is 2.50. The van der Waals surface area contributed by atoms with Gasteiger partial charge in [-0.2, -0.15) is 0 Å². The molecule has 1 rings (SSSR count). The van der Waals surface area contributed by atoms with Crippen molar-refractivity contribution in [2.75, 3.05) is 13.1 Å². The van der Waals surface area contributed by atoms with Crippen LogP contribution >= 0.6 is 0 Å². The lowest BCUT2D eigenvalue weighted by Crippen LogP contribution is -2.40. The van der Waals surface area contributed by atoms with E-state index in [1.54, 1.807) is 5.48 Å². The van der Waals surface area contributed by atoms with Crippen molar-refractivity contribution in [1.29, 1.82) is 0 Å². The predicted octanol–water partition coefficient (Wildman–Crippen LogP) is 0.908. The fourth-order valence-corrected chi connectivity index (χ4v) is 1.52. The van der Waals surface area contributed by atoms with Gasteiger partial charge in [-0.3, -0.25) is 10.0 Å². The van der Waals surface area contributed by atoms with Crippen molar-refractivity contribution in [1.82, 2.24) is 10.8 Å². The zero-order valence-corrected chi connectivity index (χ0v) is 8.68. The molecule has 78 valence electrons. The van der Waals surface area contributed by atoms with Crippen molar-refractivity contribution in [2.45, 2.75) is 33.6 Å². The number of rotatable bonds is 2. The van der Waals surface area contributed by atoms with Gasteiger partial charge in [0.15, 0.2) is 0 Å². The lowest BCUT2D eigenvalue weighted by Gasteiger charge is -2.22. The molecule has 1 aliphatic heterocycles. The van der Waals surface area contributed by atoms with Gasteiger partial charge in [0.2, 0.25) is 0 Å². The fraction of sp³-hybridized carbons (Fsp3) is 0.889. The SMILES string of the molecule is CC.CCC1(C(=O)NO)CCNC1. The summed E-state index contributed by atoms with van der Waals surface area (Å²) < 4.78 is 0. The van der Waals surface area contributed by atoms with Gasteiger partial charge in [-0.05, 0) is 19.4 Å². The highest BCUT2D eigenvalue weighted by Gasteiger charge is 2.39. The van der Waals surface area contributed by atoms with Crippen molar-refractivity contribution >= 4 is 5.91 Å². The highest BCUT2D eigenvalue weighted by molar-refractivity contribution is 5.82. The Kier molecular flexibility index (Phi) is 5.66. The van der Waals surface area contributed by atoms with Gasteiger partial charge in [-0.15, -0.1) is 0 Å². The molecule has 4 heteroatoms. The summed E-state index contributed by atoms with van der Waals surface area (Å²) in [6, 6.07) is 0. The lowest BCUT2D eigenvalue weighted by atomic mass is 9.84. The molecule has 0 spiro atoms. The van der Waals surface area contributed by atoms with E-state index in [-0.39, 0.29) is 11.3 Å². The van der Waals surface area contributed by atoms with Crippen LogP contribution in [0.3, 0.4) is 0 Å². The van der Waals surface area contributed by atoms with Gasteiger partial charge in [0.05, 0.1) is 5.41 Å². The summed E-state index contributed by atoms with van der Waals surface area (Å²) in [6.07, 6.45) is 1.59. The summed E-state index contributed by atoms with van der Waals surface area (Å²) in [5.74, 6) is -0.259. The topological polar surface area (TPSA) is 61.4 Å². The van der Waals surface area contributed by atoms with E-state index in [4.69, 9.17) is 5.21 Å². The molecule has 0 aliphatic carbocycles. The number of carbonyl (C=O) groups is 1. The molecule has 1 atom stereocenters. The van der Waals surface area contributed by atoms with Gasteiger partial charge < -0.3 is 5.32 Å². The maximum atomic E-state index is 11.2. The van der Waals surface area contributed by atoms with E-state index >= 15 is 0 Å². The Morgan fingerprint density at radius 2 is 2.23 bits per heavy atom. The Balaban J connectivity index is 0.000000671. The minimum atomic E-state index is -0.366. The average Bonchev–Trinajstić information content (AvgIpc) is 2.69. The molecule has 4 nitrogen and oxygen atoms in total. The molecule has 3 N–H and O–H groups in total. The Morgan fingerprint density at radius 1 is 1.62 bits per heavy atom. The number of amides is 1. The van der Waals surface area contributed by atoms with E-state index in [1.165, 1.54) is 0 Å². The molecule has 0 aromatic rings. The number of nitrogens with one attached hydrogen (secondary N) is 2. The minimum Gasteiger partial charge on any atom is -0.316 e. The van der Waals surface area contributed by atoms with Gasteiger partial charge in [-0.1, -0.05) is 20.8 Å². The van der Waals surface area contributed by atoms with Crippen LogP contribution in [0.5, 0.6) is 0 Å². The summed E-state index contributed by atoms with van der Waals surface area (Å²) in [7, 11) is 0. The van der Waals surface area contributed by atoms with Crippen LogP contribution in [0, 0.1) is 5.41 Å². The van der Waals surface area contributed by atoms with E-state index in [9.17, 15) is 4.79 Å². The summed E-state index contributed by atoms with van der Waals surface area (Å²) >= 11 is 0. The first-order valence-electron chi connectivity index (χ1n) is 4.90. The number of hydrogen-bond donors (Lipinski definition) is 3. The normalized spacial score (nSPS) is 26.2. The Labute approximate surface area is 79.7 Å². The first kappa shape index (κ1) is 12.4. The van der Waals surface area contributed by atoms with Crippen molar-refractivity contribution in [3.8, 4) is 0 Å². The van der Waals surface area contributed by atoms with Crippen LogP contribution in [0.1, 0.15) is 33.6 Å². The molecule has 1 aliphatic rings. The maximum Gasteiger partial charge on any atom is 0.250 e. The summed E-state index contributed by atoms with van der Waals surface area (Å²) in [5.41, 5.74) is 1.35. The van der Waals surface area contributed by atoms with E-state index in [0.29, 0.717) is 6.54 Å². The van der Waals surface area contributed by atoms with Crippen LogP contribution in [0.25, 0.3) is 0 Å². The van der Waals surface area contributed by atoms with Crippen LogP contribution in [0.4, 0.5) is 0 Å². The van der Waals surface area contributed by atoms with E-state index in [2.05, 4.69) is 5.32 Å². The fourth-order valence-electron chi connectivity index (χ4n) is 1.52. The number of hydroxylamine groups is 1. The molecule has 1 amide bonds. The van der Waals surface area contributed by atoms with Gasteiger partial charge in [-0.25, -0.2) is 5.48 Å². The molecule has 1 saturated heterocycles. The van der Waals surface area contributed by atoms with Crippen molar-refractivity contribution in [3.63, 3.8) is 0 Å². The van der Waals surface area contributed by atoms with Crippen LogP contribution < -0.4 is 10.8 Å². The van der Waals surface area contributed by atoms with E-state index < -0.39 is 0 Å². The second-order valence-electron chi connectivity index (χ2n) is 3.00. The molecule has 0 aromatic heterocycles. The van der Waals surface area contributed by atoms with Gasteiger partial charge >= 0.3 is 0 Å². The summed E-state index contributed by atoms with van der Waals surface area (Å²) in [4.78, 5) is 11.2. The second-order valence-corrected chi connectivity index (χ2v) is 3.00. The molecular weight excluding hydrogens is 168 g/mol. The molecular formula is C9H20N2O2. The first-order valence-corrected chi connectivity index (χ1v) is 4.90. The maximum absolute atomic E-state index is 11.2. The van der Waals surface area contributed by atoms with E-state index in [1.807, 2.05) is 20.8 Å². The van der Waals surface area contributed by atoms with Crippen LogP contribution in [0.15, 0.2) is 0 Å². The smallest absolute Gasteiger partial charge is 0.250 e. The Hall–Kier alpha value is -0.610. The van der Waals surface area contributed by atoms with Crippen molar-refractivity contribution in [3.05, 3.63) is 0 Å². The molecule has 0 radical (unpaired) electrons. The largest absolute Gasteiger partial charge is 0.316 e. The number of hydrogen-bond acceptors (Lipinski definition) is 3. The molecule has 0 saturated carbocycles. The van der Waals surface area contributed by atoms with Gasteiger partial charge in [0.25, 0.3) is 5.91 Å². The van der Waals surface area contributed by atoms with Gasteiger partial charge in [0.1, 0.15) is 0 Å². The quantitative estimate of drug-likeness (QED) is 0.446. The molecule has 0 aromatic carbocycles. The highest BCUT2D eigenvalue weighted by Crippen LogP contribution is 2.28. The molecule has 0 bridgehead atoms. The summed E-state index contributed by atoms with van der Waals surface area (Å²) in [6.45, 7) is 7.50. The Morgan fingerprint density at radius 3 is 2.54 bits per heavy atom. The molecule has 13 heavy (non-hydrogen) atoms. The number of carbonyl (C=O) groups excluding carboxylic acids is 1. The third kappa shape index (κ3) is 2.67. The second kappa shape index (κ2) is 5.94. The van der Waals surface area contributed by atoms with Gasteiger partial charge in [0, 0.05) is 6.54 Å². The molecule has 1 fully saturated rings. The van der Waals surface area contributed by atoms with Crippen LogP contribution in [0.2, 0.25) is 0 Å². The average molecular weight is 188 g/mol. The minimum absolute atomic E-state index is 0.259. The Bertz CT molecular complexity index is 154. The zero-order chi connectivity index (χ0) is 10.3. The third-order valence-electron chi connectivity index (χ3n) is 2.50. The van der Waals surface area contributed by atoms with E-state index in [0.717, 1.165) is 19.4 Å². The van der Waals surface area contributed by atoms with Crippen LogP contribution in [-0.2, 0) is 4.79 Å². The predicted molar refractivity (Wildman–Crippen MR) is 51.5 cm³/mol. The monoisotopic (exact) mass is 188 g/mol. The zero-order valence-electron chi connectivity index (χ0n) is 8.68. The van der Waals surface area contributed by atoms with Crippen LogP contribution in [-0.4, -0.2) is 24.2 Å². The lowest BCUT2D eigenvalue weighted by molar-refractivity contribution is -0.139. The first-order chi connectivity index (χ1) is 6.25. The molecule has 1 heterocycles. The van der Waals surface area contributed by atoms with Crippen molar-refractivity contribution in [2.24, 2.45) is 5.41 Å². The van der Waals surface area contributed by atoms with Crippen molar-refractivity contribution < 1.29 is 10.0 Å². The molecule has 1 unspecified atom stereocenters. The highest BCUT2D eigenvalue weighted by atomic mass is 16.5.